The second-order valence-electron chi connectivity index (χ2n) is 12.9. The molecule has 1 saturated heterocycles. The molecule has 11 nitrogen and oxygen atoms in total. The molecule has 3 aromatic rings. The summed E-state index contributed by atoms with van der Waals surface area (Å²) in [7, 11) is 0. The molecule has 0 radical (unpaired) electrons. The summed E-state index contributed by atoms with van der Waals surface area (Å²) in [5.74, 6) is -1.50. The number of hydrazone groups is 1. The molecule has 0 spiro atoms. The van der Waals surface area contributed by atoms with E-state index in [2.05, 4.69) is 20.7 Å². The van der Waals surface area contributed by atoms with Gasteiger partial charge in [0.1, 0.15) is 17.2 Å². The van der Waals surface area contributed by atoms with Crippen LogP contribution in [0.1, 0.15) is 52.2 Å². The Kier molecular flexibility index (Phi) is 8.49. The Bertz CT molecular complexity index is 1590. The van der Waals surface area contributed by atoms with E-state index in [9.17, 15) is 19.2 Å². The molecule has 2 aliphatic rings. The van der Waals surface area contributed by atoms with E-state index in [0.717, 1.165) is 27.7 Å². The van der Waals surface area contributed by atoms with Crippen LogP contribution in [0.2, 0.25) is 0 Å². The number of likely N-dealkylation sites (tertiary alicyclic amines) is 1. The molecule has 232 valence electrons. The molecule has 3 N–H and O–H groups in total. The van der Waals surface area contributed by atoms with Crippen molar-refractivity contribution in [3.63, 3.8) is 0 Å². The molecule has 4 amide bonds. The van der Waals surface area contributed by atoms with Gasteiger partial charge < -0.3 is 25.3 Å². The summed E-state index contributed by atoms with van der Waals surface area (Å²) >= 11 is 0. The number of hydrogen-bond acceptors (Lipinski definition) is 6. The number of benzene rings is 2. The zero-order chi connectivity index (χ0) is 31.6. The fraction of sp³-hybridized carbons (Fsp3) is 0.424. The molecule has 2 aromatic carbocycles. The average molecular weight is 601 g/mol. The molecule has 1 fully saturated rings. The van der Waals surface area contributed by atoms with Gasteiger partial charge in [-0.3, -0.25) is 14.4 Å². The van der Waals surface area contributed by atoms with Crippen LogP contribution in [0.25, 0.3) is 10.9 Å². The molecule has 3 heterocycles. The third kappa shape index (κ3) is 6.93. The molecule has 44 heavy (non-hydrogen) atoms. The highest BCUT2D eigenvalue weighted by Gasteiger charge is 2.43. The number of aromatic nitrogens is 1. The van der Waals surface area contributed by atoms with Gasteiger partial charge in [0.15, 0.2) is 0 Å². The normalized spacial score (nSPS) is 17.6. The van der Waals surface area contributed by atoms with Gasteiger partial charge >= 0.3 is 6.09 Å². The van der Waals surface area contributed by atoms with Crippen molar-refractivity contribution in [3.8, 4) is 0 Å². The standard InChI is InChI=1S/C33H40N6O5/c1-32(2,3)44-31(43)36-33(4,5)30(42)35-27(17-22-18-34-25-14-10-9-13-23(22)25)29(41)38-16-15-26-24(20-38)28(40)39(37-26)19-21-11-7-6-8-12-21/h6-14,18,24,27,34H,15-17,19-20H2,1-5H3,(H,35,42)(H,36,43)/t24?,27-/m1/s1. The summed E-state index contributed by atoms with van der Waals surface area (Å²) in [4.78, 5) is 58.4. The molecule has 5 rings (SSSR count). The van der Waals surface area contributed by atoms with Crippen LogP contribution in [0.3, 0.4) is 0 Å². The Labute approximate surface area is 257 Å². The monoisotopic (exact) mass is 600 g/mol. The van der Waals surface area contributed by atoms with Gasteiger partial charge in [0.05, 0.1) is 18.2 Å². The first-order valence-corrected chi connectivity index (χ1v) is 14.9. The van der Waals surface area contributed by atoms with E-state index < -0.39 is 35.1 Å². The fourth-order valence-corrected chi connectivity index (χ4v) is 5.53. The summed E-state index contributed by atoms with van der Waals surface area (Å²) in [5, 5.41) is 12.5. The van der Waals surface area contributed by atoms with Crippen LogP contribution in [-0.2, 0) is 32.1 Å². The second kappa shape index (κ2) is 12.1. The quantitative estimate of drug-likeness (QED) is 0.362. The van der Waals surface area contributed by atoms with E-state index in [1.165, 1.54) is 5.01 Å². The number of piperidine rings is 1. The Hall–Kier alpha value is -4.67. The number of nitrogens with zero attached hydrogens (tertiary/aromatic N) is 3. The number of para-hydroxylation sites is 1. The summed E-state index contributed by atoms with van der Waals surface area (Å²) < 4.78 is 5.34. The molecule has 1 aromatic heterocycles. The molecule has 11 heteroatoms. The fourth-order valence-electron chi connectivity index (χ4n) is 5.53. The van der Waals surface area contributed by atoms with E-state index in [4.69, 9.17) is 4.74 Å². The Balaban J connectivity index is 1.33. The minimum Gasteiger partial charge on any atom is -0.444 e. The third-order valence-corrected chi connectivity index (χ3v) is 7.82. The van der Waals surface area contributed by atoms with Crippen LogP contribution in [0.15, 0.2) is 65.9 Å². The first-order valence-electron chi connectivity index (χ1n) is 14.9. The number of fused-ring (bicyclic) bond motifs is 2. The predicted molar refractivity (Wildman–Crippen MR) is 166 cm³/mol. The Morgan fingerprint density at radius 3 is 2.48 bits per heavy atom. The lowest BCUT2D eigenvalue weighted by atomic mass is 9.94. The van der Waals surface area contributed by atoms with Gasteiger partial charge in [0.2, 0.25) is 11.8 Å². The summed E-state index contributed by atoms with van der Waals surface area (Å²) in [6.45, 7) is 9.25. The van der Waals surface area contributed by atoms with Crippen LogP contribution >= 0.6 is 0 Å². The molecular formula is C33H40N6O5. The highest BCUT2D eigenvalue weighted by Crippen LogP contribution is 2.27. The van der Waals surface area contributed by atoms with Crippen LogP contribution < -0.4 is 10.6 Å². The SMILES string of the molecule is CC(C)(C)OC(=O)NC(C)(C)C(=O)N[C@H](Cc1c[nH]c2ccccc12)C(=O)N1CCC2=NN(Cc3ccccc3)C(=O)C2C1. The number of rotatable bonds is 8. The number of amides is 4. The Morgan fingerprint density at radius 1 is 1.05 bits per heavy atom. The van der Waals surface area contributed by atoms with Gasteiger partial charge in [-0.2, -0.15) is 5.10 Å². The molecular weight excluding hydrogens is 560 g/mol. The minimum absolute atomic E-state index is 0.138. The van der Waals surface area contributed by atoms with E-state index in [1.54, 1.807) is 39.5 Å². The van der Waals surface area contributed by atoms with Crippen molar-refractivity contribution in [3.05, 3.63) is 71.9 Å². The third-order valence-electron chi connectivity index (χ3n) is 7.82. The van der Waals surface area contributed by atoms with E-state index in [1.807, 2.05) is 60.8 Å². The van der Waals surface area contributed by atoms with Gasteiger partial charge in [-0.15, -0.1) is 0 Å². The maximum atomic E-state index is 14.1. The van der Waals surface area contributed by atoms with Gasteiger partial charge in [0, 0.05) is 43.0 Å². The smallest absolute Gasteiger partial charge is 0.408 e. The largest absolute Gasteiger partial charge is 0.444 e. The lowest BCUT2D eigenvalue weighted by Crippen LogP contribution is -2.61. The zero-order valence-electron chi connectivity index (χ0n) is 25.8. The number of carbonyl (C=O) groups is 4. The number of aromatic amines is 1. The van der Waals surface area contributed by atoms with Crippen molar-refractivity contribution in [1.82, 2.24) is 25.5 Å². The summed E-state index contributed by atoms with van der Waals surface area (Å²) in [6, 6.07) is 16.4. The molecule has 1 unspecified atom stereocenters. The van der Waals surface area contributed by atoms with E-state index in [-0.39, 0.29) is 24.8 Å². The number of nitrogens with one attached hydrogen (secondary N) is 3. The Morgan fingerprint density at radius 2 is 1.75 bits per heavy atom. The van der Waals surface area contributed by atoms with Gasteiger partial charge in [-0.05, 0) is 51.8 Å². The van der Waals surface area contributed by atoms with Gasteiger partial charge in [-0.1, -0.05) is 48.5 Å². The average Bonchev–Trinajstić information content (AvgIpc) is 3.51. The molecule has 0 aliphatic carbocycles. The zero-order valence-corrected chi connectivity index (χ0v) is 25.8. The summed E-state index contributed by atoms with van der Waals surface area (Å²) in [5.41, 5.74) is 1.41. The number of alkyl carbamates (subject to hydrolysis) is 1. The molecule has 0 bridgehead atoms. The highest BCUT2D eigenvalue weighted by molar-refractivity contribution is 6.09. The van der Waals surface area contributed by atoms with Crippen LogP contribution in [-0.4, -0.2) is 74.7 Å². The number of carbonyl (C=O) groups excluding carboxylic acids is 4. The highest BCUT2D eigenvalue weighted by atomic mass is 16.6. The van der Waals surface area contributed by atoms with Crippen molar-refractivity contribution in [2.24, 2.45) is 11.0 Å². The maximum Gasteiger partial charge on any atom is 0.408 e. The van der Waals surface area contributed by atoms with Crippen LogP contribution in [0.5, 0.6) is 0 Å². The van der Waals surface area contributed by atoms with Crippen LogP contribution in [0.4, 0.5) is 4.79 Å². The molecule has 2 aliphatic heterocycles. The lowest BCUT2D eigenvalue weighted by molar-refractivity contribution is -0.140. The number of H-pyrrole nitrogens is 1. The van der Waals surface area contributed by atoms with Gasteiger partial charge in [-0.25, -0.2) is 9.80 Å². The van der Waals surface area contributed by atoms with Crippen LogP contribution in [0, 0.1) is 5.92 Å². The van der Waals surface area contributed by atoms with Crippen molar-refractivity contribution in [2.45, 2.75) is 71.2 Å². The summed E-state index contributed by atoms with van der Waals surface area (Å²) in [6.07, 6.45) is 1.78. The maximum absolute atomic E-state index is 14.1. The van der Waals surface area contributed by atoms with Crippen molar-refractivity contribution in [2.75, 3.05) is 13.1 Å². The first kappa shape index (κ1) is 30.8. The molecule has 0 saturated carbocycles. The predicted octanol–water partition coefficient (Wildman–Crippen LogP) is 3.75. The van der Waals surface area contributed by atoms with Crippen molar-refractivity contribution >= 4 is 40.4 Å². The second-order valence-corrected chi connectivity index (χ2v) is 12.9. The lowest BCUT2D eigenvalue weighted by Gasteiger charge is -2.34. The van der Waals surface area contributed by atoms with Crippen molar-refractivity contribution in [1.29, 1.82) is 0 Å². The minimum atomic E-state index is -1.37. The van der Waals surface area contributed by atoms with Crippen molar-refractivity contribution < 1.29 is 23.9 Å². The first-order chi connectivity index (χ1) is 20.8. The van der Waals surface area contributed by atoms with E-state index in [0.29, 0.717) is 19.5 Å². The van der Waals surface area contributed by atoms with Gasteiger partial charge in [0.25, 0.3) is 5.91 Å². The number of hydrogen-bond donors (Lipinski definition) is 3. The van der Waals surface area contributed by atoms with E-state index >= 15 is 0 Å². The molecule has 2 atom stereocenters. The number of ether oxygens (including phenoxy) is 1. The topological polar surface area (TPSA) is 136 Å².